The van der Waals surface area contributed by atoms with Crippen LogP contribution in [0.4, 0.5) is 4.39 Å². The maximum Gasteiger partial charge on any atom is 0.128 e. The average molecular weight is 622 g/mol. The lowest BCUT2D eigenvalue weighted by molar-refractivity contribution is 0.480. The molecule has 0 radical (unpaired) electrons. The Bertz CT molecular complexity index is 1540. The van der Waals surface area contributed by atoms with Crippen molar-refractivity contribution in [1.29, 1.82) is 0 Å². The lowest BCUT2D eigenvalue weighted by Crippen LogP contribution is -2.34. The Hall–Kier alpha value is -5.11. The minimum atomic E-state index is -0.240. The third-order valence-corrected chi connectivity index (χ3v) is 7.61. The van der Waals surface area contributed by atoms with Gasteiger partial charge >= 0.3 is 0 Å². The van der Waals surface area contributed by atoms with Crippen LogP contribution in [0.15, 0.2) is 150 Å². The molecule has 0 amide bonds. The van der Waals surface area contributed by atoms with Crippen molar-refractivity contribution in [3.63, 3.8) is 0 Å². The van der Waals surface area contributed by atoms with E-state index in [1.54, 1.807) is 12.3 Å². The van der Waals surface area contributed by atoms with E-state index in [1.807, 2.05) is 55.4 Å². The standard InChI is InChI=1S/C38H48FN7/c1-10-12-34(16-14-26(2)13-11-18-41-23-28(4)40-8)44-30(6)38-22-37(45-31(7)46(38)9)29(5)42-24-32-15-17-36(39)33(21-32)25-43-35-19-27(3)20-35/h10-11,13,15,17-19,21-22,34,40,42-44H,1-7,12,14,16,20,23-25H2,8-9H3/b13-11+,41-18?. The van der Waals surface area contributed by atoms with Crippen LogP contribution in [0.5, 0.6) is 0 Å². The summed E-state index contributed by atoms with van der Waals surface area (Å²) in [6.07, 6.45) is 14.7. The Morgan fingerprint density at radius 1 is 1.13 bits per heavy atom. The van der Waals surface area contributed by atoms with E-state index < -0.39 is 0 Å². The summed E-state index contributed by atoms with van der Waals surface area (Å²) in [4.78, 5) is 10.8. The topological polar surface area (TPSA) is 76.1 Å². The molecule has 0 fully saturated rings. The number of aliphatic imine (C=N–C) groups is 2. The van der Waals surface area contributed by atoms with Gasteiger partial charge in [0.15, 0.2) is 0 Å². The molecular weight excluding hydrogens is 573 g/mol. The molecule has 1 aromatic carbocycles. The molecule has 0 aromatic heterocycles. The van der Waals surface area contributed by atoms with Gasteiger partial charge in [-0.2, -0.15) is 0 Å². The van der Waals surface area contributed by atoms with E-state index in [-0.39, 0.29) is 11.9 Å². The highest BCUT2D eigenvalue weighted by Crippen LogP contribution is 2.24. The molecule has 4 N–H and O–H groups in total. The molecule has 2 aliphatic rings. The number of hydrogen-bond acceptors (Lipinski definition) is 7. The Balaban J connectivity index is 1.58. The first-order valence-corrected chi connectivity index (χ1v) is 15.3. The molecule has 0 saturated heterocycles. The summed E-state index contributed by atoms with van der Waals surface area (Å²) in [6.45, 7) is 30.0. The minimum absolute atomic E-state index is 0.107. The molecule has 1 aliphatic carbocycles. The van der Waals surface area contributed by atoms with Gasteiger partial charge in [-0.25, -0.2) is 9.38 Å². The van der Waals surface area contributed by atoms with Gasteiger partial charge in [0.2, 0.25) is 0 Å². The Morgan fingerprint density at radius 3 is 2.59 bits per heavy atom. The van der Waals surface area contributed by atoms with Crippen molar-refractivity contribution in [2.24, 2.45) is 9.98 Å². The van der Waals surface area contributed by atoms with Crippen LogP contribution in [-0.4, -0.2) is 43.5 Å². The first-order chi connectivity index (χ1) is 22.0. The molecule has 1 aliphatic heterocycles. The highest BCUT2D eigenvalue weighted by atomic mass is 19.1. The molecule has 7 nitrogen and oxygen atoms in total. The zero-order valence-corrected chi connectivity index (χ0v) is 27.4. The van der Waals surface area contributed by atoms with E-state index in [9.17, 15) is 4.39 Å². The number of halogens is 1. The van der Waals surface area contributed by atoms with Gasteiger partial charge in [-0.05, 0) is 60.8 Å². The van der Waals surface area contributed by atoms with Crippen LogP contribution in [0.3, 0.4) is 0 Å². The van der Waals surface area contributed by atoms with Crippen LogP contribution < -0.4 is 21.3 Å². The minimum Gasteiger partial charge on any atom is -0.390 e. The summed E-state index contributed by atoms with van der Waals surface area (Å²) in [7, 11) is 3.74. The van der Waals surface area contributed by atoms with Crippen LogP contribution in [-0.2, 0) is 13.1 Å². The Kier molecular flexibility index (Phi) is 13.4. The second-order valence-corrected chi connectivity index (χ2v) is 11.4. The molecule has 3 rings (SSSR count). The lowest BCUT2D eigenvalue weighted by atomic mass is 10.00. The van der Waals surface area contributed by atoms with E-state index in [0.29, 0.717) is 42.4 Å². The summed E-state index contributed by atoms with van der Waals surface area (Å²) < 4.78 is 14.4. The van der Waals surface area contributed by atoms with Crippen LogP contribution in [0, 0.1) is 5.82 Å². The van der Waals surface area contributed by atoms with E-state index in [1.165, 1.54) is 6.07 Å². The average Bonchev–Trinajstić information content (AvgIpc) is 3.02. The van der Waals surface area contributed by atoms with E-state index >= 15 is 0 Å². The van der Waals surface area contributed by atoms with Crippen molar-refractivity contribution in [2.45, 2.75) is 44.8 Å². The smallest absolute Gasteiger partial charge is 0.128 e. The highest BCUT2D eigenvalue weighted by molar-refractivity contribution is 6.09. The van der Waals surface area contributed by atoms with Gasteiger partial charge in [-0.3, -0.25) is 4.99 Å². The Labute approximate surface area is 274 Å². The van der Waals surface area contributed by atoms with Crippen molar-refractivity contribution in [3.05, 3.63) is 157 Å². The summed E-state index contributed by atoms with van der Waals surface area (Å²) in [5, 5.41) is 13.2. The number of benzene rings is 1. The van der Waals surface area contributed by atoms with Gasteiger partial charge in [-0.1, -0.05) is 63.3 Å². The number of rotatable bonds is 20. The molecule has 1 atom stereocenters. The first-order valence-electron chi connectivity index (χ1n) is 15.3. The zero-order valence-electron chi connectivity index (χ0n) is 27.4. The van der Waals surface area contributed by atoms with Crippen LogP contribution >= 0.6 is 0 Å². The van der Waals surface area contributed by atoms with Gasteiger partial charge in [0.25, 0.3) is 0 Å². The van der Waals surface area contributed by atoms with Crippen LogP contribution in [0.1, 0.15) is 36.8 Å². The van der Waals surface area contributed by atoms with Gasteiger partial charge < -0.3 is 26.2 Å². The van der Waals surface area contributed by atoms with Crippen molar-refractivity contribution in [3.8, 4) is 0 Å². The first kappa shape index (κ1) is 35.4. The quantitative estimate of drug-likeness (QED) is 0.0728. The van der Waals surface area contributed by atoms with Crippen LogP contribution in [0.25, 0.3) is 0 Å². The molecule has 242 valence electrons. The molecule has 8 heteroatoms. The SMILES string of the molecule is C=CCC(CCC(=C)/C=C/C=NCC(=C)NC)NC(=C)C1=CC(C(=C)NCc2ccc(F)c(CNC3=CC(=C)C3)c2)=NC(=C)N1C. The van der Waals surface area contributed by atoms with E-state index in [4.69, 9.17) is 0 Å². The molecule has 1 aromatic rings. The number of allylic oxidation sites excluding steroid dienone is 6. The summed E-state index contributed by atoms with van der Waals surface area (Å²) in [5.74, 6) is 0.330. The lowest BCUT2D eigenvalue weighted by Gasteiger charge is -2.31. The number of nitrogens with zero attached hydrogens (tertiary/aromatic N) is 3. The fourth-order valence-electron chi connectivity index (χ4n) is 4.71. The molecule has 1 unspecified atom stereocenters. The van der Waals surface area contributed by atoms with Crippen molar-refractivity contribution >= 4 is 11.9 Å². The largest absolute Gasteiger partial charge is 0.390 e. The van der Waals surface area contributed by atoms with Crippen molar-refractivity contribution in [1.82, 2.24) is 26.2 Å². The van der Waals surface area contributed by atoms with E-state index in [2.05, 4.69) is 77.3 Å². The maximum absolute atomic E-state index is 14.4. The molecule has 1 heterocycles. The highest BCUT2D eigenvalue weighted by Gasteiger charge is 2.21. The summed E-state index contributed by atoms with van der Waals surface area (Å²) >= 11 is 0. The maximum atomic E-state index is 14.4. The number of likely N-dealkylation sites (N-methyl/N-ethyl adjacent to an activating group) is 2. The van der Waals surface area contributed by atoms with Gasteiger partial charge in [0, 0.05) is 62.8 Å². The monoisotopic (exact) mass is 621 g/mol. The van der Waals surface area contributed by atoms with Crippen LogP contribution in [0.2, 0.25) is 0 Å². The Morgan fingerprint density at radius 2 is 1.89 bits per heavy atom. The fourth-order valence-corrected chi connectivity index (χ4v) is 4.71. The van der Waals surface area contributed by atoms with Crippen molar-refractivity contribution < 1.29 is 4.39 Å². The van der Waals surface area contributed by atoms with Gasteiger partial charge in [0.1, 0.15) is 11.6 Å². The molecule has 0 bridgehead atoms. The number of nitrogens with one attached hydrogen (secondary N) is 4. The zero-order chi connectivity index (χ0) is 33.6. The predicted octanol–water partition coefficient (Wildman–Crippen LogP) is 6.85. The normalized spacial score (nSPS) is 15.0. The second kappa shape index (κ2) is 17.4. The number of hydrogen-bond donors (Lipinski definition) is 4. The molecule has 0 spiro atoms. The third-order valence-electron chi connectivity index (χ3n) is 7.61. The summed E-state index contributed by atoms with van der Waals surface area (Å²) in [5.41, 5.74) is 8.43. The molecule has 0 saturated carbocycles. The summed E-state index contributed by atoms with van der Waals surface area (Å²) in [6, 6.07) is 5.23. The van der Waals surface area contributed by atoms with Gasteiger partial charge in [-0.15, -0.1) is 6.58 Å². The van der Waals surface area contributed by atoms with E-state index in [0.717, 1.165) is 65.2 Å². The van der Waals surface area contributed by atoms with Crippen molar-refractivity contribution in [2.75, 3.05) is 20.6 Å². The second-order valence-electron chi connectivity index (χ2n) is 11.4. The fraction of sp³-hybridized carbons (Fsp3) is 0.263. The molecular formula is C38H48FN7. The predicted molar refractivity (Wildman–Crippen MR) is 193 cm³/mol. The third kappa shape index (κ3) is 10.8. The molecule has 46 heavy (non-hydrogen) atoms. The van der Waals surface area contributed by atoms with Gasteiger partial charge in [0.05, 0.1) is 29.3 Å².